The van der Waals surface area contributed by atoms with Crippen LogP contribution in [-0.2, 0) is 23.6 Å². The molecule has 2 aromatic rings. The third-order valence-corrected chi connectivity index (χ3v) is 10.1. The van der Waals surface area contributed by atoms with Gasteiger partial charge in [-0.3, -0.25) is 0 Å². The zero-order chi connectivity index (χ0) is 18.9. The zero-order valence-corrected chi connectivity index (χ0v) is 18.3. The Kier molecular flexibility index (Phi) is 5.63. The summed E-state index contributed by atoms with van der Waals surface area (Å²) in [5, 5.41) is 0. The molecule has 0 aromatic heterocycles. The van der Waals surface area contributed by atoms with Gasteiger partial charge in [0.1, 0.15) is 23.0 Å². The van der Waals surface area contributed by atoms with Crippen molar-refractivity contribution < 1.29 is 18.1 Å². The van der Waals surface area contributed by atoms with Crippen LogP contribution in [0.15, 0.2) is 48.5 Å². The van der Waals surface area contributed by atoms with Crippen LogP contribution >= 0.6 is 13.3 Å². The summed E-state index contributed by atoms with van der Waals surface area (Å²) in [6, 6.07) is 14.4. The van der Waals surface area contributed by atoms with Gasteiger partial charge in [-0.05, 0) is 52.5 Å². The molecule has 0 unspecified atom stereocenters. The predicted octanol–water partition coefficient (Wildman–Crippen LogP) is 4.49. The Labute approximate surface area is 164 Å². The Morgan fingerprint density at radius 2 is 0.885 bits per heavy atom. The highest BCUT2D eigenvalue weighted by Gasteiger charge is 2.30. The van der Waals surface area contributed by atoms with E-state index in [1.807, 2.05) is 64.6 Å². The summed E-state index contributed by atoms with van der Waals surface area (Å²) in [6.07, 6.45) is 0. The minimum Gasteiger partial charge on any atom is -0.424 e. The maximum absolute atomic E-state index is 6.08. The van der Waals surface area contributed by atoms with Gasteiger partial charge in [0, 0.05) is 35.7 Å². The van der Waals surface area contributed by atoms with E-state index in [0.717, 1.165) is 0 Å². The third kappa shape index (κ3) is 4.22. The molecular formula is C16H20N2O4P2S2. The van der Waals surface area contributed by atoms with E-state index in [2.05, 4.69) is 0 Å². The number of benzene rings is 2. The van der Waals surface area contributed by atoms with Crippen LogP contribution in [-0.4, -0.2) is 37.5 Å². The number of rotatable bonds is 2. The van der Waals surface area contributed by atoms with Crippen molar-refractivity contribution in [2.45, 2.75) is 0 Å². The molecule has 0 N–H and O–H groups in total. The van der Waals surface area contributed by atoms with E-state index in [4.69, 9.17) is 41.7 Å². The highest BCUT2D eigenvalue weighted by molar-refractivity contribution is 8.09. The van der Waals surface area contributed by atoms with Gasteiger partial charge in [-0.15, -0.1) is 0 Å². The summed E-state index contributed by atoms with van der Waals surface area (Å²) in [4.78, 5) is 0. The van der Waals surface area contributed by atoms with E-state index in [0.29, 0.717) is 23.0 Å². The fraction of sp³-hybridized carbons (Fsp3) is 0.250. The smallest absolute Gasteiger partial charge is 0.367 e. The summed E-state index contributed by atoms with van der Waals surface area (Å²) >= 11 is 11.4. The summed E-state index contributed by atoms with van der Waals surface area (Å²) in [5.41, 5.74) is 0. The van der Waals surface area contributed by atoms with Crippen LogP contribution in [0.5, 0.6) is 23.0 Å². The van der Waals surface area contributed by atoms with Gasteiger partial charge < -0.3 is 18.1 Å². The molecule has 0 spiro atoms. The van der Waals surface area contributed by atoms with Crippen LogP contribution in [0.25, 0.3) is 0 Å². The first-order valence-electron chi connectivity index (χ1n) is 7.74. The average molecular weight is 430 g/mol. The lowest BCUT2D eigenvalue weighted by molar-refractivity contribution is 0.399. The number of hydrogen-bond acceptors (Lipinski definition) is 6. The molecule has 0 amide bonds. The molecule has 1 aliphatic rings. The first-order valence-corrected chi connectivity index (χ1v) is 12.9. The molecule has 2 aromatic carbocycles. The van der Waals surface area contributed by atoms with Crippen LogP contribution < -0.4 is 18.1 Å². The van der Waals surface area contributed by atoms with Gasteiger partial charge in [0.25, 0.3) is 0 Å². The van der Waals surface area contributed by atoms with Crippen LogP contribution in [0.2, 0.25) is 0 Å². The van der Waals surface area contributed by atoms with E-state index in [1.165, 1.54) is 0 Å². The molecule has 1 heterocycles. The lowest BCUT2D eigenvalue weighted by atomic mass is 10.3. The van der Waals surface area contributed by atoms with Crippen LogP contribution in [0.4, 0.5) is 0 Å². The summed E-state index contributed by atoms with van der Waals surface area (Å²) < 4.78 is 27.9. The minimum atomic E-state index is -2.78. The minimum absolute atomic E-state index is 0.552. The van der Waals surface area contributed by atoms with Crippen molar-refractivity contribution in [3.05, 3.63) is 48.5 Å². The van der Waals surface area contributed by atoms with Crippen molar-refractivity contribution in [2.75, 3.05) is 28.2 Å². The van der Waals surface area contributed by atoms with Gasteiger partial charge in [0.15, 0.2) is 0 Å². The third-order valence-electron chi connectivity index (χ3n) is 3.47. The number of hydrogen-bond donors (Lipinski definition) is 0. The van der Waals surface area contributed by atoms with Crippen LogP contribution in [0, 0.1) is 0 Å². The number of fused-ring (bicyclic) bond motifs is 4. The molecule has 4 bridgehead atoms. The second-order valence-corrected chi connectivity index (χ2v) is 12.9. The van der Waals surface area contributed by atoms with E-state index >= 15 is 0 Å². The van der Waals surface area contributed by atoms with Crippen molar-refractivity contribution in [3.8, 4) is 23.0 Å². The van der Waals surface area contributed by atoms with E-state index < -0.39 is 13.3 Å². The molecule has 6 nitrogen and oxygen atoms in total. The lowest BCUT2D eigenvalue weighted by Gasteiger charge is -2.31. The average Bonchev–Trinajstić information content (AvgIpc) is 2.54. The molecule has 0 radical (unpaired) electrons. The standard InChI is InChI=1S/C16H20N2O4P2S2/c1-17(2)23(25)19-13-7-5-9-15(11-13)21-24(26,18(3)4)22-16-10-6-8-14(12-16)20-23/h5-12H,1-4H3. The molecule has 10 heteroatoms. The maximum Gasteiger partial charge on any atom is 0.367 e. The molecule has 0 atom stereocenters. The number of nitrogens with zero attached hydrogens (tertiary/aromatic N) is 2. The summed E-state index contributed by atoms with van der Waals surface area (Å²) in [7, 11) is 7.33. The fourth-order valence-corrected chi connectivity index (χ4v) is 5.35. The molecule has 1 aliphatic heterocycles. The largest absolute Gasteiger partial charge is 0.424 e. The Morgan fingerprint density at radius 1 is 0.615 bits per heavy atom. The fourth-order valence-electron chi connectivity index (χ4n) is 2.07. The highest BCUT2D eigenvalue weighted by atomic mass is 32.5. The van der Waals surface area contributed by atoms with Gasteiger partial charge in [0.05, 0.1) is 0 Å². The van der Waals surface area contributed by atoms with Crippen LogP contribution in [0.1, 0.15) is 0 Å². The first kappa shape index (κ1) is 19.6. The lowest BCUT2D eigenvalue weighted by Crippen LogP contribution is -2.19. The monoisotopic (exact) mass is 430 g/mol. The Balaban J connectivity index is 2.13. The van der Waals surface area contributed by atoms with E-state index in [9.17, 15) is 0 Å². The molecule has 26 heavy (non-hydrogen) atoms. The maximum atomic E-state index is 6.08. The zero-order valence-electron chi connectivity index (χ0n) is 14.9. The van der Waals surface area contributed by atoms with Gasteiger partial charge in [-0.1, -0.05) is 12.1 Å². The Bertz CT molecular complexity index is 783. The Morgan fingerprint density at radius 3 is 1.12 bits per heavy atom. The van der Waals surface area contributed by atoms with E-state index in [1.54, 1.807) is 21.5 Å². The van der Waals surface area contributed by atoms with Crippen LogP contribution in [0.3, 0.4) is 0 Å². The molecule has 3 rings (SSSR count). The van der Waals surface area contributed by atoms with E-state index in [-0.39, 0.29) is 0 Å². The Hall–Kier alpha value is -1.14. The second kappa shape index (κ2) is 7.47. The molecule has 0 saturated heterocycles. The topological polar surface area (TPSA) is 43.4 Å². The summed E-state index contributed by atoms with van der Waals surface area (Å²) in [6.45, 7) is -5.57. The highest BCUT2D eigenvalue weighted by Crippen LogP contribution is 2.55. The van der Waals surface area contributed by atoms with Gasteiger partial charge >= 0.3 is 13.3 Å². The van der Waals surface area contributed by atoms with Gasteiger partial charge in [-0.2, -0.15) is 0 Å². The van der Waals surface area contributed by atoms with Crippen molar-refractivity contribution in [3.63, 3.8) is 0 Å². The molecular weight excluding hydrogens is 410 g/mol. The molecule has 140 valence electrons. The molecule has 0 aliphatic carbocycles. The van der Waals surface area contributed by atoms with Gasteiger partial charge in [-0.25, -0.2) is 9.34 Å². The first-order chi connectivity index (χ1) is 12.2. The normalized spacial score (nSPS) is 25.2. The van der Waals surface area contributed by atoms with Crippen molar-refractivity contribution in [2.24, 2.45) is 0 Å². The SMILES string of the molecule is CN(C)P1(=S)Oc2cccc(c2)OP(=S)(N(C)C)Oc2cccc(c2)O1. The predicted molar refractivity (Wildman–Crippen MR) is 111 cm³/mol. The molecule has 0 fully saturated rings. The van der Waals surface area contributed by atoms with Gasteiger partial charge in [0.2, 0.25) is 0 Å². The quantitative estimate of drug-likeness (QED) is 0.646. The van der Waals surface area contributed by atoms with Crippen molar-refractivity contribution >= 4 is 36.9 Å². The summed E-state index contributed by atoms with van der Waals surface area (Å²) in [5.74, 6) is 2.21. The van der Waals surface area contributed by atoms with Crippen molar-refractivity contribution in [1.29, 1.82) is 0 Å². The molecule has 0 saturated carbocycles. The van der Waals surface area contributed by atoms with Crippen molar-refractivity contribution in [1.82, 2.24) is 9.34 Å². The second-order valence-electron chi connectivity index (χ2n) is 5.95.